The fraction of sp³-hybridized carbons (Fsp3) is 0.211. The molecule has 0 saturated carbocycles. The number of amides is 1. The van der Waals surface area contributed by atoms with E-state index in [4.69, 9.17) is 16.3 Å². The summed E-state index contributed by atoms with van der Waals surface area (Å²) in [4.78, 5) is 12.2. The molecule has 1 N–H and O–H groups in total. The summed E-state index contributed by atoms with van der Waals surface area (Å²) in [6, 6.07) is 10.2. The summed E-state index contributed by atoms with van der Waals surface area (Å²) < 4.78 is 45.7. The van der Waals surface area contributed by atoms with Crippen LogP contribution in [0, 0.1) is 5.82 Å². The number of nitrogens with zero attached hydrogens (tertiary/aromatic N) is 1. The highest BCUT2D eigenvalue weighted by atomic mass is 35.5. The van der Waals surface area contributed by atoms with Crippen LogP contribution in [-0.2, 0) is 19.6 Å². The van der Waals surface area contributed by atoms with Gasteiger partial charge in [-0.25, -0.2) is 12.8 Å². The van der Waals surface area contributed by atoms with Crippen LogP contribution in [0.2, 0.25) is 5.02 Å². The van der Waals surface area contributed by atoms with E-state index in [2.05, 4.69) is 5.32 Å². The van der Waals surface area contributed by atoms with E-state index in [0.29, 0.717) is 18.9 Å². The maximum Gasteiger partial charge on any atom is 0.248 e. The Morgan fingerprint density at radius 1 is 1.18 bits per heavy atom. The molecule has 6 nitrogen and oxygen atoms in total. The Bertz CT molecular complexity index is 984. The Kier molecular flexibility index (Phi) is 6.46. The van der Waals surface area contributed by atoms with Crippen LogP contribution >= 0.6 is 11.6 Å². The van der Waals surface area contributed by atoms with Gasteiger partial charge < -0.3 is 10.1 Å². The molecule has 28 heavy (non-hydrogen) atoms. The second kappa shape index (κ2) is 8.83. The monoisotopic (exact) mass is 424 g/mol. The number of anilines is 1. The summed E-state index contributed by atoms with van der Waals surface area (Å²) in [5.74, 6) is -1.09. The SMILES string of the molecule is O=C(C=Cc1c(F)cccc1Cl)Nc1cccc(S(=O)(=O)N2CCOCC2)c1. The van der Waals surface area contributed by atoms with Crippen molar-refractivity contribution in [1.82, 2.24) is 4.31 Å². The highest BCUT2D eigenvalue weighted by Crippen LogP contribution is 2.22. The predicted octanol–water partition coefficient (Wildman–Crippen LogP) is 3.15. The second-order valence-electron chi connectivity index (χ2n) is 6.00. The molecule has 0 atom stereocenters. The van der Waals surface area contributed by atoms with Crippen LogP contribution in [0.1, 0.15) is 5.56 Å². The molecule has 3 rings (SSSR count). The number of benzene rings is 2. The molecular formula is C19H18ClFN2O4S. The zero-order valence-electron chi connectivity index (χ0n) is 14.8. The largest absolute Gasteiger partial charge is 0.379 e. The zero-order valence-corrected chi connectivity index (χ0v) is 16.3. The van der Waals surface area contributed by atoms with Crippen LogP contribution in [0.15, 0.2) is 53.4 Å². The smallest absolute Gasteiger partial charge is 0.248 e. The average Bonchev–Trinajstić information content (AvgIpc) is 2.68. The molecule has 0 radical (unpaired) electrons. The Hall–Kier alpha value is -2.26. The molecular weight excluding hydrogens is 407 g/mol. The van der Waals surface area contributed by atoms with Gasteiger partial charge in [0, 0.05) is 30.4 Å². The molecule has 2 aromatic rings. The lowest BCUT2D eigenvalue weighted by Crippen LogP contribution is -2.40. The summed E-state index contributed by atoms with van der Waals surface area (Å²) in [7, 11) is -3.67. The third kappa shape index (κ3) is 4.77. The molecule has 0 aliphatic carbocycles. The molecule has 0 unspecified atom stereocenters. The molecule has 9 heteroatoms. The maximum absolute atomic E-state index is 13.7. The summed E-state index contributed by atoms with van der Waals surface area (Å²) in [5, 5.41) is 2.75. The minimum atomic E-state index is -3.67. The number of halogens is 2. The van der Waals surface area contributed by atoms with Gasteiger partial charge in [-0.15, -0.1) is 0 Å². The van der Waals surface area contributed by atoms with Gasteiger partial charge in [0.15, 0.2) is 0 Å². The highest BCUT2D eigenvalue weighted by molar-refractivity contribution is 7.89. The van der Waals surface area contributed by atoms with Gasteiger partial charge in [0.05, 0.1) is 23.1 Å². The van der Waals surface area contributed by atoms with Crippen molar-refractivity contribution in [2.75, 3.05) is 31.6 Å². The van der Waals surface area contributed by atoms with E-state index < -0.39 is 21.7 Å². The molecule has 1 amide bonds. The van der Waals surface area contributed by atoms with Crippen LogP contribution < -0.4 is 5.32 Å². The van der Waals surface area contributed by atoms with Crippen LogP contribution in [-0.4, -0.2) is 44.9 Å². The molecule has 0 spiro atoms. The van der Waals surface area contributed by atoms with Crippen LogP contribution in [0.25, 0.3) is 6.08 Å². The molecule has 0 aromatic heterocycles. The first kappa shape index (κ1) is 20.5. The Morgan fingerprint density at radius 3 is 2.61 bits per heavy atom. The van der Waals surface area contributed by atoms with E-state index >= 15 is 0 Å². The van der Waals surface area contributed by atoms with Crippen molar-refractivity contribution >= 4 is 39.3 Å². The lowest BCUT2D eigenvalue weighted by atomic mass is 10.2. The van der Waals surface area contributed by atoms with Crippen molar-refractivity contribution in [3.05, 3.63) is 64.9 Å². The lowest BCUT2D eigenvalue weighted by molar-refractivity contribution is -0.111. The summed E-state index contributed by atoms with van der Waals surface area (Å²) >= 11 is 5.91. The van der Waals surface area contributed by atoms with E-state index in [1.807, 2.05) is 0 Å². The minimum absolute atomic E-state index is 0.0772. The standard InChI is InChI=1S/C19H18ClFN2O4S/c20-17-5-2-6-18(21)16(17)7-8-19(24)22-14-3-1-4-15(13-14)28(25,26)23-9-11-27-12-10-23/h1-8,13H,9-12H2,(H,22,24). The molecule has 1 aliphatic heterocycles. The molecule has 1 saturated heterocycles. The lowest BCUT2D eigenvalue weighted by Gasteiger charge is -2.26. The van der Waals surface area contributed by atoms with Crippen molar-refractivity contribution in [1.29, 1.82) is 0 Å². The number of morpholine rings is 1. The molecule has 1 fully saturated rings. The Balaban J connectivity index is 1.74. The van der Waals surface area contributed by atoms with E-state index in [9.17, 15) is 17.6 Å². The number of hydrogen-bond acceptors (Lipinski definition) is 4. The minimum Gasteiger partial charge on any atom is -0.379 e. The van der Waals surface area contributed by atoms with Gasteiger partial charge in [-0.2, -0.15) is 4.31 Å². The topological polar surface area (TPSA) is 75.7 Å². The van der Waals surface area contributed by atoms with E-state index in [1.54, 1.807) is 12.1 Å². The van der Waals surface area contributed by atoms with Crippen molar-refractivity contribution < 1.29 is 22.3 Å². The molecule has 2 aromatic carbocycles. The maximum atomic E-state index is 13.7. The van der Waals surface area contributed by atoms with Crippen molar-refractivity contribution in [2.24, 2.45) is 0 Å². The number of carbonyl (C=O) groups is 1. The van der Waals surface area contributed by atoms with E-state index in [0.717, 1.165) is 6.08 Å². The summed E-state index contributed by atoms with van der Waals surface area (Å²) in [6.45, 7) is 1.26. The van der Waals surface area contributed by atoms with Gasteiger partial charge in [0.2, 0.25) is 15.9 Å². The first-order chi connectivity index (χ1) is 13.4. The number of hydrogen-bond donors (Lipinski definition) is 1. The van der Waals surface area contributed by atoms with E-state index in [1.165, 1.54) is 40.7 Å². The van der Waals surface area contributed by atoms with E-state index in [-0.39, 0.29) is 28.6 Å². The van der Waals surface area contributed by atoms with Crippen molar-refractivity contribution in [2.45, 2.75) is 4.90 Å². The van der Waals surface area contributed by atoms with Gasteiger partial charge in [-0.3, -0.25) is 4.79 Å². The van der Waals surface area contributed by atoms with Crippen LogP contribution in [0.4, 0.5) is 10.1 Å². The number of sulfonamides is 1. The van der Waals surface area contributed by atoms with Crippen molar-refractivity contribution in [3.63, 3.8) is 0 Å². The normalized spacial score (nSPS) is 15.6. The predicted molar refractivity (Wildman–Crippen MR) is 105 cm³/mol. The molecule has 1 heterocycles. The summed E-state index contributed by atoms with van der Waals surface area (Å²) in [5.41, 5.74) is 0.409. The highest BCUT2D eigenvalue weighted by Gasteiger charge is 2.26. The average molecular weight is 425 g/mol. The van der Waals surface area contributed by atoms with Gasteiger partial charge >= 0.3 is 0 Å². The number of carbonyl (C=O) groups excluding carboxylic acids is 1. The summed E-state index contributed by atoms with van der Waals surface area (Å²) in [6.07, 6.45) is 2.40. The van der Waals surface area contributed by atoms with Gasteiger partial charge in [-0.1, -0.05) is 23.7 Å². The molecule has 1 aliphatic rings. The van der Waals surface area contributed by atoms with Crippen molar-refractivity contribution in [3.8, 4) is 0 Å². The molecule has 148 valence electrons. The first-order valence-electron chi connectivity index (χ1n) is 8.49. The van der Waals surface area contributed by atoms with Crippen LogP contribution in [0.3, 0.4) is 0 Å². The molecule has 0 bridgehead atoms. The number of rotatable bonds is 5. The third-order valence-electron chi connectivity index (χ3n) is 4.11. The van der Waals surface area contributed by atoms with Gasteiger partial charge in [-0.05, 0) is 36.4 Å². The number of nitrogens with one attached hydrogen (secondary N) is 1. The Labute approximate surface area is 167 Å². The fourth-order valence-electron chi connectivity index (χ4n) is 2.68. The third-order valence-corrected chi connectivity index (χ3v) is 6.33. The number of ether oxygens (including phenoxy) is 1. The Morgan fingerprint density at radius 2 is 1.89 bits per heavy atom. The second-order valence-corrected chi connectivity index (χ2v) is 8.35. The van der Waals surface area contributed by atoms with Crippen LogP contribution in [0.5, 0.6) is 0 Å². The first-order valence-corrected chi connectivity index (χ1v) is 10.3. The van der Waals surface area contributed by atoms with Gasteiger partial charge in [0.1, 0.15) is 5.82 Å². The van der Waals surface area contributed by atoms with Gasteiger partial charge in [0.25, 0.3) is 0 Å². The quantitative estimate of drug-likeness (QED) is 0.748. The zero-order chi connectivity index (χ0) is 20.1. The fourth-order valence-corrected chi connectivity index (χ4v) is 4.36.